The van der Waals surface area contributed by atoms with Crippen molar-refractivity contribution in [3.8, 4) is 0 Å². The molecule has 3 rings (SSSR count). The highest BCUT2D eigenvalue weighted by atomic mass is 32.2. The summed E-state index contributed by atoms with van der Waals surface area (Å²) in [6.45, 7) is 6.21. The third-order valence-electron chi connectivity index (χ3n) is 4.49. The Morgan fingerprint density at radius 1 is 1.23 bits per heavy atom. The highest BCUT2D eigenvalue weighted by Crippen LogP contribution is 2.23. The van der Waals surface area contributed by atoms with Crippen LogP contribution in [0.25, 0.3) is 0 Å². The predicted molar refractivity (Wildman–Crippen MR) is 88.1 cm³/mol. The Kier molecular flexibility index (Phi) is 4.25. The lowest BCUT2D eigenvalue weighted by Crippen LogP contribution is -2.34. The Hall–Kier alpha value is -1.37. The minimum atomic E-state index is -2.88. The summed E-state index contributed by atoms with van der Waals surface area (Å²) in [7, 11) is -2.88. The summed E-state index contributed by atoms with van der Waals surface area (Å²) >= 11 is 0. The first-order valence-corrected chi connectivity index (χ1v) is 9.81. The normalized spacial score (nSPS) is 25.4. The van der Waals surface area contributed by atoms with Crippen LogP contribution in [-0.2, 0) is 9.84 Å². The number of anilines is 2. The molecule has 0 radical (unpaired) electrons. The van der Waals surface area contributed by atoms with Crippen LogP contribution in [0.2, 0.25) is 0 Å². The van der Waals surface area contributed by atoms with Gasteiger partial charge in [0.15, 0.2) is 9.84 Å². The standard InChI is InChI=1S/C15H24N4O2S/c1-11-3-6-19(7-4-11)15-16-12(2)9-14(18-15)17-13-5-8-22(20,21)10-13/h9,11,13H,3-8,10H2,1-2H3,(H,16,17,18). The van der Waals surface area contributed by atoms with Crippen LogP contribution in [0.15, 0.2) is 6.07 Å². The van der Waals surface area contributed by atoms with Crippen LogP contribution in [0.4, 0.5) is 11.8 Å². The topological polar surface area (TPSA) is 75.2 Å². The van der Waals surface area contributed by atoms with Gasteiger partial charge in [-0.25, -0.2) is 13.4 Å². The van der Waals surface area contributed by atoms with Crippen molar-refractivity contribution in [1.82, 2.24) is 9.97 Å². The zero-order valence-corrected chi connectivity index (χ0v) is 14.1. The van der Waals surface area contributed by atoms with Gasteiger partial charge in [0.05, 0.1) is 11.5 Å². The molecule has 1 unspecified atom stereocenters. The summed E-state index contributed by atoms with van der Waals surface area (Å²) in [6.07, 6.45) is 2.99. The highest BCUT2D eigenvalue weighted by Gasteiger charge is 2.28. The molecule has 1 atom stereocenters. The van der Waals surface area contributed by atoms with E-state index >= 15 is 0 Å². The molecule has 122 valence electrons. The number of aryl methyl sites for hydroxylation is 1. The monoisotopic (exact) mass is 324 g/mol. The fourth-order valence-electron chi connectivity index (χ4n) is 3.09. The van der Waals surface area contributed by atoms with Crippen LogP contribution in [-0.4, -0.2) is 49.0 Å². The molecular formula is C15H24N4O2S. The van der Waals surface area contributed by atoms with Crippen LogP contribution in [0, 0.1) is 12.8 Å². The van der Waals surface area contributed by atoms with E-state index < -0.39 is 9.84 Å². The Balaban J connectivity index is 1.73. The van der Waals surface area contributed by atoms with Gasteiger partial charge in [0.25, 0.3) is 0 Å². The number of hydrogen-bond acceptors (Lipinski definition) is 6. The number of aromatic nitrogens is 2. The molecule has 0 aliphatic carbocycles. The SMILES string of the molecule is Cc1cc(NC2CCS(=O)(=O)C2)nc(N2CCC(C)CC2)n1. The van der Waals surface area contributed by atoms with Crippen molar-refractivity contribution >= 4 is 21.6 Å². The molecule has 1 aromatic heterocycles. The maximum Gasteiger partial charge on any atom is 0.227 e. The maximum absolute atomic E-state index is 11.6. The molecule has 6 nitrogen and oxygen atoms in total. The zero-order valence-electron chi connectivity index (χ0n) is 13.2. The molecule has 2 aliphatic heterocycles. The molecule has 7 heteroatoms. The first-order valence-electron chi connectivity index (χ1n) is 7.99. The van der Waals surface area contributed by atoms with E-state index in [4.69, 9.17) is 0 Å². The molecule has 2 aliphatic rings. The lowest BCUT2D eigenvalue weighted by Gasteiger charge is -2.30. The quantitative estimate of drug-likeness (QED) is 0.910. The van der Waals surface area contributed by atoms with E-state index in [1.165, 1.54) is 12.8 Å². The molecule has 0 spiro atoms. The number of hydrogen-bond donors (Lipinski definition) is 1. The van der Waals surface area contributed by atoms with E-state index in [0.717, 1.165) is 36.5 Å². The van der Waals surface area contributed by atoms with Gasteiger partial charge >= 0.3 is 0 Å². The smallest absolute Gasteiger partial charge is 0.227 e. The zero-order chi connectivity index (χ0) is 15.7. The van der Waals surface area contributed by atoms with Crippen LogP contribution in [0.1, 0.15) is 31.9 Å². The van der Waals surface area contributed by atoms with E-state index in [9.17, 15) is 8.42 Å². The Morgan fingerprint density at radius 3 is 2.59 bits per heavy atom. The molecule has 1 N–H and O–H groups in total. The number of rotatable bonds is 3. The van der Waals surface area contributed by atoms with Crippen LogP contribution >= 0.6 is 0 Å². The fourth-order valence-corrected chi connectivity index (χ4v) is 4.77. The van der Waals surface area contributed by atoms with Crippen molar-refractivity contribution in [2.75, 3.05) is 34.8 Å². The molecule has 0 aromatic carbocycles. The Morgan fingerprint density at radius 2 is 1.95 bits per heavy atom. The van der Waals surface area contributed by atoms with E-state index in [-0.39, 0.29) is 17.5 Å². The van der Waals surface area contributed by atoms with Crippen molar-refractivity contribution in [3.05, 3.63) is 11.8 Å². The van der Waals surface area contributed by atoms with Gasteiger partial charge in [-0.15, -0.1) is 0 Å². The molecular weight excluding hydrogens is 300 g/mol. The van der Waals surface area contributed by atoms with Crippen molar-refractivity contribution in [2.45, 2.75) is 39.2 Å². The van der Waals surface area contributed by atoms with Crippen molar-refractivity contribution in [2.24, 2.45) is 5.92 Å². The Labute approximate surface area is 132 Å². The number of nitrogens with one attached hydrogen (secondary N) is 1. The average molecular weight is 324 g/mol. The Bertz CT molecular complexity index is 639. The van der Waals surface area contributed by atoms with Gasteiger partial charge in [0, 0.05) is 30.9 Å². The van der Waals surface area contributed by atoms with Crippen LogP contribution in [0.3, 0.4) is 0 Å². The van der Waals surface area contributed by atoms with E-state index in [2.05, 4.69) is 27.1 Å². The minimum Gasteiger partial charge on any atom is -0.366 e. The van der Waals surface area contributed by atoms with Gasteiger partial charge in [-0.1, -0.05) is 6.92 Å². The van der Waals surface area contributed by atoms with Gasteiger partial charge in [-0.3, -0.25) is 0 Å². The molecule has 22 heavy (non-hydrogen) atoms. The lowest BCUT2D eigenvalue weighted by molar-refractivity contribution is 0.434. The molecule has 0 amide bonds. The van der Waals surface area contributed by atoms with Gasteiger partial charge in [0.1, 0.15) is 5.82 Å². The van der Waals surface area contributed by atoms with E-state index in [1.54, 1.807) is 0 Å². The fraction of sp³-hybridized carbons (Fsp3) is 0.733. The number of nitrogens with zero attached hydrogens (tertiary/aromatic N) is 3. The van der Waals surface area contributed by atoms with Gasteiger partial charge < -0.3 is 10.2 Å². The number of piperidine rings is 1. The third kappa shape index (κ3) is 3.69. The average Bonchev–Trinajstić information content (AvgIpc) is 2.78. The second kappa shape index (κ2) is 6.02. The lowest BCUT2D eigenvalue weighted by atomic mass is 10.00. The maximum atomic E-state index is 11.6. The van der Waals surface area contributed by atoms with Gasteiger partial charge in [0.2, 0.25) is 5.95 Å². The second-order valence-corrected chi connectivity index (χ2v) is 8.84. The molecule has 1 aromatic rings. The molecule has 0 bridgehead atoms. The van der Waals surface area contributed by atoms with Gasteiger partial charge in [-0.05, 0) is 32.1 Å². The second-order valence-electron chi connectivity index (χ2n) is 6.61. The minimum absolute atomic E-state index is 0.0338. The van der Waals surface area contributed by atoms with Crippen molar-refractivity contribution < 1.29 is 8.42 Å². The van der Waals surface area contributed by atoms with Crippen molar-refractivity contribution in [1.29, 1.82) is 0 Å². The summed E-state index contributed by atoms with van der Waals surface area (Å²) in [4.78, 5) is 11.4. The van der Waals surface area contributed by atoms with Crippen LogP contribution in [0.5, 0.6) is 0 Å². The summed E-state index contributed by atoms with van der Waals surface area (Å²) in [6, 6.07) is 1.86. The summed E-state index contributed by atoms with van der Waals surface area (Å²) in [5.74, 6) is 2.74. The number of sulfone groups is 1. The van der Waals surface area contributed by atoms with Gasteiger partial charge in [-0.2, -0.15) is 4.98 Å². The third-order valence-corrected chi connectivity index (χ3v) is 6.26. The van der Waals surface area contributed by atoms with E-state index in [0.29, 0.717) is 6.42 Å². The van der Waals surface area contributed by atoms with Crippen molar-refractivity contribution in [3.63, 3.8) is 0 Å². The first-order chi connectivity index (χ1) is 10.4. The molecule has 2 saturated heterocycles. The largest absolute Gasteiger partial charge is 0.366 e. The summed E-state index contributed by atoms with van der Waals surface area (Å²) < 4.78 is 23.1. The van der Waals surface area contributed by atoms with E-state index in [1.807, 2.05) is 13.0 Å². The highest BCUT2D eigenvalue weighted by molar-refractivity contribution is 7.91. The summed E-state index contributed by atoms with van der Waals surface area (Å²) in [5.41, 5.74) is 0.909. The molecule has 3 heterocycles. The molecule has 2 fully saturated rings. The molecule has 0 saturated carbocycles. The predicted octanol–water partition coefficient (Wildman–Crippen LogP) is 1.62. The summed E-state index contributed by atoms with van der Waals surface area (Å²) in [5, 5.41) is 3.27. The first kappa shape index (κ1) is 15.5. The van der Waals surface area contributed by atoms with Crippen LogP contribution < -0.4 is 10.2 Å².